The third kappa shape index (κ3) is 4.61. The zero-order valence-electron chi connectivity index (χ0n) is 17.0. The molecule has 4 atom stereocenters. The van der Waals surface area contributed by atoms with Gasteiger partial charge < -0.3 is 16.4 Å². The van der Waals surface area contributed by atoms with Crippen LogP contribution in [0.1, 0.15) is 55.4 Å². The minimum atomic E-state index is -0.556. The fourth-order valence-electron chi connectivity index (χ4n) is 4.37. The topological polar surface area (TPSA) is 109 Å². The number of nitrogens with two attached hydrogens (primary N) is 1. The number of hydrogen-bond acceptors (Lipinski definition) is 5. The van der Waals surface area contributed by atoms with Crippen LogP contribution in [0.25, 0.3) is 0 Å². The number of carbonyl (C=O) groups excluding carboxylic acids is 1. The van der Waals surface area contributed by atoms with Gasteiger partial charge in [-0.05, 0) is 69.2 Å². The molecule has 2 fully saturated rings. The highest BCUT2D eigenvalue weighted by Crippen LogP contribution is 2.37. The normalized spacial score (nSPS) is 24.8. The van der Waals surface area contributed by atoms with Crippen molar-refractivity contribution in [2.24, 2.45) is 17.6 Å². The Kier molecular flexibility index (Phi) is 5.98. The summed E-state index contributed by atoms with van der Waals surface area (Å²) in [7, 11) is 0. The molecule has 1 amide bonds. The first kappa shape index (κ1) is 20.7. The Bertz CT molecular complexity index is 946. The van der Waals surface area contributed by atoms with Gasteiger partial charge >= 0.3 is 0 Å². The minimum absolute atomic E-state index is 0.0804. The van der Waals surface area contributed by atoms with E-state index in [-0.39, 0.29) is 12.0 Å². The number of benzene rings is 1. The van der Waals surface area contributed by atoms with Crippen LogP contribution in [0.3, 0.4) is 0 Å². The van der Waals surface area contributed by atoms with Crippen LogP contribution in [0.2, 0.25) is 5.02 Å². The predicted molar refractivity (Wildman–Crippen MR) is 117 cm³/mol. The van der Waals surface area contributed by atoms with Crippen molar-refractivity contribution in [1.29, 1.82) is 5.26 Å². The van der Waals surface area contributed by atoms with E-state index in [0.717, 1.165) is 30.9 Å². The van der Waals surface area contributed by atoms with Crippen molar-refractivity contribution in [3.8, 4) is 6.07 Å². The molecule has 30 heavy (non-hydrogen) atoms. The first-order chi connectivity index (χ1) is 14.4. The standard InChI is InChI=1S/C22H27ClN6O/c1-13(14-2-3-14)26-18-8-9-20(15(10-18)11-24)29-12-19(21(25)30)22(28-29)27-17-6-4-16(23)5-7-17/h4-7,12-15,18,20,26H,2-3,8-10H2,1H3,(H2,25,30)(H,27,28)/t13-,15+,18-,20?/m0/s1. The fourth-order valence-corrected chi connectivity index (χ4v) is 4.50. The summed E-state index contributed by atoms with van der Waals surface area (Å²) in [5.41, 5.74) is 6.65. The molecule has 0 spiro atoms. The first-order valence-electron chi connectivity index (χ1n) is 10.5. The molecule has 0 radical (unpaired) electrons. The summed E-state index contributed by atoms with van der Waals surface area (Å²) in [6.07, 6.45) is 6.86. The third-order valence-corrected chi connectivity index (χ3v) is 6.50. The van der Waals surface area contributed by atoms with E-state index in [1.165, 1.54) is 12.8 Å². The largest absolute Gasteiger partial charge is 0.365 e. The number of anilines is 2. The lowest BCUT2D eigenvalue weighted by atomic mass is 9.82. The second-order valence-corrected chi connectivity index (χ2v) is 8.91. The van der Waals surface area contributed by atoms with Gasteiger partial charge in [0, 0.05) is 29.0 Å². The van der Waals surface area contributed by atoms with Crippen LogP contribution in [-0.4, -0.2) is 27.8 Å². The van der Waals surface area contributed by atoms with Crippen molar-refractivity contribution in [1.82, 2.24) is 15.1 Å². The summed E-state index contributed by atoms with van der Waals surface area (Å²) >= 11 is 5.94. The summed E-state index contributed by atoms with van der Waals surface area (Å²) in [4.78, 5) is 12.0. The number of aromatic nitrogens is 2. The van der Waals surface area contributed by atoms with E-state index in [1.807, 2.05) is 12.1 Å². The van der Waals surface area contributed by atoms with Crippen molar-refractivity contribution in [3.63, 3.8) is 0 Å². The van der Waals surface area contributed by atoms with Crippen molar-refractivity contribution in [2.75, 3.05) is 5.32 Å². The summed E-state index contributed by atoms with van der Waals surface area (Å²) < 4.78 is 1.74. The number of nitrogens with zero attached hydrogens (tertiary/aromatic N) is 3. The Labute approximate surface area is 181 Å². The summed E-state index contributed by atoms with van der Waals surface area (Å²) in [6.45, 7) is 2.24. The monoisotopic (exact) mass is 426 g/mol. The van der Waals surface area contributed by atoms with Crippen molar-refractivity contribution in [3.05, 3.63) is 41.0 Å². The molecule has 4 N–H and O–H groups in total. The Morgan fingerprint density at radius 3 is 2.67 bits per heavy atom. The Balaban J connectivity index is 1.50. The smallest absolute Gasteiger partial charge is 0.254 e. The number of primary amides is 1. The van der Waals surface area contributed by atoms with Crippen LogP contribution in [0.5, 0.6) is 0 Å². The molecule has 2 aliphatic carbocycles. The van der Waals surface area contributed by atoms with Gasteiger partial charge in [-0.2, -0.15) is 10.4 Å². The van der Waals surface area contributed by atoms with Crippen LogP contribution in [-0.2, 0) is 0 Å². The Morgan fingerprint density at radius 1 is 1.30 bits per heavy atom. The average molecular weight is 427 g/mol. The molecule has 0 aliphatic heterocycles. The molecular formula is C22H27ClN6O. The van der Waals surface area contributed by atoms with Crippen LogP contribution in [0, 0.1) is 23.2 Å². The van der Waals surface area contributed by atoms with E-state index in [4.69, 9.17) is 17.3 Å². The van der Waals surface area contributed by atoms with Gasteiger partial charge in [0.1, 0.15) is 5.56 Å². The molecule has 158 valence electrons. The number of carbonyl (C=O) groups is 1. The Morgan fingerprint density at radius 2 is 2.03 bits per heavy atom. The molecule has 8 heteroatoms. The molecule has 4 rings (SSSR count). The first-order valence-corrected chi connectivity index (χ1v) is 10.9. The number of nitriles is 1. The molecule has 1 aromatic carbocycles. The summed E-state index contributed by atoms with van der Waals surface area (Å²) in [6, 6.07) is 10.4. The highest BCUT2D eigenvalue weighted by atomic mass is 35.5. The second kappa shape index (κ2) is 8.66. The van der Waals surface area contributed by atoms with E-state index >= 15 is 0 Å². The van der Waals surface area contributed by atoms with Gasteiger partial charge in [0.2, 0.25) is 0 Å². The van der Waals surface area contributed by atoms with Gasteiger partial charge in [-0.3, -0.25) is 9.48 Å². The van der Waals surface area contributed by atoms with E-state index in [2.05, 4.69) is 28.7 Å². The predicted octanol–water partition coefficient (Wildman–Crippen LogP) is 4.00. The number of amides is 1. The molecule has 0 saturated heterocycles. The zero-order valence-corrected chi connectivity index (χ0v) is 17.8. The van der Waals surface area contributed by atoms with E-state index in [9.17, 15) is 10.1 Å². The van der Waals surface area contributed by atoms with Crippen LogP contribution >= 0.6 is 11.6 Å². The number of nitrogens with one attached hydrogen (secondary N) is 2. The van der Waals surface area contributed by atoms with E-state index in [0.29, 0.717) is 28.5 Å². The van der Waals surface area contributed by atoms with Gasteiger partial charge in [0.15, 0.2) is 5.82 Å². The van der Waals surface area contributed by atoms with Gasteiger partial charge in [-0.15, -0.1) is 0 Å². The minimum Gasteiger partial charge on any atom is -0.365 e. The molecule has 2 saturated carbocycles. The Hall–Kier alpha value is -2.56. The van der Waals surface area contributed by atoms with Crippen LogP contribution < -0.4 is 16.4 Å². The van der Waals surface area contributed by atoms with Gasteiger partial charge in [-0.1, -0.05) is 11.6 Å². The lowest BCUT2D eigenvalue weighted by molar-refractivity contribution is 0.100. The van der Waals surface area contributed by atoms with E-state index < -0.39 is 5.91 Å². The summed E-state index contributed by atoms with van der Waals surface area (Å²) in [5.74, 6) is 0.449. The number of rotatable bonds is 7. The van der Waals surface area contributed by atoms with Gasteiger partial charge in [-0.25, -0.2) is 0 Å². The van der Waals surface area contributed by atoms with Crippen LogP contribution in [0.4, 0.5) is 11.5 Å². The highest BCUT2D eigenvalue weighted by molar-refractivity contribution is 6.30. The second-order valence-electron chi connectivity index (χ2n) is 8.47. The molecule has 1 aromatic heterocycles. The van der Waals surface area contributed by atoms with Crippen LogP contribution in [0.15, 0.2) is 30.5 Å². The van der Waals surface area contributed by atoms with Gasteiger partial charge in [0.25, 0.3) is 5.91 Å². The number of halogens is 1. The molecular weight excluding hydrogens is 400 g/mol. The van der Waals surface area contributed by atoms with Crippen molar-refractivity contribution in [2.45, 2.75) is 57.2 Å². The van der Waals surface area contributed by atoms with Gasteiger partial charge in [0.05, 0.1) is 18.0 Å². The van der Waals surface area contributed by atoms with Crippen molar-refractivity contribution < 1.29 is 4.79 Å². The quantitative estimate of drug-likeness (QED) is 0.619. The molecule has 1 unspecified atom stereocenters. The maximum absolute atomic E-state index is 12.0. The maximum atomic E-state index is 12.0. The molecule has 2 aromatic rings. The molecule has 7 nitrogen and oxygen atoms in total. The average Bonchev–Trinajstić information content (AvgIpc) is 3.50. The zero-order chi connectivity index (χ0) is 21.3. The molecule has 0 bridgehead atoms. The lowest BCUT2D eigenvalue weighted by Crippen LogP contribution is -2.43. The SMILES string of the molecule is C[C@H](N[C@H]1CCC(n2cc(C(N)=O)c(Nc3ccc(Cl)cc3)n2)[C@@H](C#N)C1)C1CC1. The van der Waals surface area contributed by atoms with Crippen molar-refractivity contribution >= 4 is 29.0 Å². The fraction of sp³-hybridized carbons (Fsp3) is 0.500. The highest BCUT2D eigenvalue weighted by Gasteiger charge is 2.36. The molecule has 2 aliphatic rings. The number of hydrogen-bond donors (Lipinski definition) is 3. The maximum Gasteiger partial charge on any atom is 0.254 e. The molecule has 1 heterocycles. The van der Waals surface area contributed by atoms with E-state index in [1.54, 1.807) is 23.0 Å². The summed E-state index contributed by atoms with van der Waals surface area (Å²) in [5, 5.41) is 21.9. The lowest BCUT2D eigenvalue weighted by Gasteiger charge is -2.34. The third-order valence-electron chi connectivity index (χ3n) is 6.25.